The highest BCUT2D eigenvalue weighted by Gasteiger charge is 2.24. The topological polar surface area (TPSA) is 84.2 Å². The third-order valence-electron chi connectivity index (χ3n) is 6.58. The number of hydrogen-bond donors (Lipinski definition) is 0. The predicted octanol–water partition coefficient (Wildman–Crippen LogP) is 4.78. The Bertz CT molecular complexity index is 1170. The molecule has 1 unspecified atom stereocenters. The highest BCUT2D eigenvalue weighted by molar-refractivity contribution is 6.01. The smallest absolute Gasteiger partial charge is 0.335 e. The number of oxime groups is 1. The van der Waals surface area contributed by atoms with Crippen molar-refractivity contribution < 1.29 is 23.8 Å². The van der Waals surface area contributed by atoms with Gasteiger partial charge in [-0.05, 0) is 55.7 Å². The zero-order valence-electron chi connectivity index (χ0n) is 21.3. The molecule has 2 aromatic heterocycles. The van der Waals surface area contributed by atoms with E-state index in [0.717, 1.165) is 46.6 Å². The van der Waals surface area contributed by atoms with Crippen LogP contribution in [0.3, 0.4) is 0 Å². The maximum absolute atomic E-state index is 11.9. The van der Waals surface area contributed by atoms with Crippen molar-refractivity contribution in [1.29, 1.82) is 0 Å². The van der Waals surface area contributed by atoms with Crippen molar-refractivity contribution in [2.45, 2.75) is 51.7 Å². The third kappa shape index (κ3) is 6.23. The molecule has 3 aromatic rings. The fraction of sp³-hybridized carbons (Fsp3) is 0.464. The van der Waals surface area contributed by atoms with E-state index in [-0.39, 0.29) is 5.97 Å². The Balaban J connectivity index is 1.38. The molecule has 1 saturated carbocycles. The Morgan fingerprint density at radius 2 is 1.89 bits per heavy atom. The molecule has 1 atom stereocenters. The van der Waals surface area contributed by atoms with Crippen LogP contribution >= 0.6 is 0 Å². The summed E-state index contributed by atoms with van der Waals surface area (Å²) < 4.78 is 18.4. The van der Waals surface area contributed by atoms with Crippen molar-refractivity contribution in [2.75, 3.05) is 27.4 Å². The number of carbonyl (C=O) groups excluding carboxylic acids is 1. The maximum Gasteiger partial charge on any atom is 0.335 e. The molecule has 0 radical (unpaired) electrons. The number of rotatable bonds is 12. The first-order valence-electron chi connectivity index (χ1n) is 12.6. The van der Waals surface area contributed by atoms with Crippen molar-refractivity contribution in [3.05, 3.63) is 59.9 Å². The summed E-state index contributed by atoms with van der Waals surface area (Å²) in [6, 6.07) is 13.9. The van der Waals surface area contributed by atoms with Crippen LogP contribution in [0, 0.1) is 5.92 Å². The van der Waals surface area contributed by atoms with Gasteiger partial charge in [0.25, 0.3) is 0 Å². The second kappa shape index (κ2) is 12.5. The Kier molecular flexibility index (Phi) is 8.95. The molecule has 192 valence electrons. The van der Waals surface area contributed by atoms with Gasteiger partial charge >= 0.3 is 5.97 Å². The molecule has 8 nitrogen and oxygen atoms in total. The lowest BCUT2D eigenvalue weighted by Gasteiger charge is -2.15. The molecule has 1 aliphatic carbocycles. The van der Waals surface area contributed by atoms with E-state index in [0.29, 0.717) is 32.1 Å². The zero-order valence-corrected chi connectivity index (χ0v) is 21.3. The Labute approximate surface area is 212 Å². The number of ether oxygens (including phenoxy) is 3. The molecule has 0 spiro atoms. The minimum Gasteiger partial charge on any atom is -0.492 e. The van der Waals surface area contributed by atoms with E-state index in [1.807, 2.05) is 43.5 Å². The van der Waals surface area contributed by atoms with Gasteiger partial charge in [-0.3, -0.25) is 0 Å². The quantitative estimate of drug-likeness (QED) is 0.205. The summed E-state index contributed by atoms with van der Waals surface area (Å²) in [6.45, 7) is 3.47. The van der Waals surface area contributed by atoms with Gasteiger partial charge in [-0.1, -0.05) is 30.1 Å². The number of nitrogens with zero attached hydrogens (tertiary/aromatic N) is 3. The predicted molar refractivity (Wildman–Crippen MR) is 138 cm³/mol. The average molecular weight is 494 g/mol. The molecular weight excluding hydrogens is 458 g/mol. The van der Waals surface area contributed by atoms with E-state index in [1.54, 1.807) is 7.11 Å². The van der Waals surface area contributed by atoms with Crippen molar-refractivity contribution in [1.82, 2.24) is 9.55 Å². The molecule has 0 amide bonds. The molecular formula is C28H35N3O5. The molecule has 1 fully saturated rings. The number of carbonyl (C=O) groups is 1. The molecule has 0 saturated heterocycles. The van der Waals surface area contributed by atoms with Gasteiger partial charge in [-0.2, -0.15) is 0 Å². The summed E-state index contributed by atoms with van der Waals surface area (Å²) in [7, 11) is 2.97. The number of methoxy groups -OCH3 is 1. The van der Waals surface area contributed by atoms with Gasteiger partial charge in [0.2, 0.25) is 0 Å². The maximum atomic E-state index is 11.9. The molecule has 1 aromatic carbocycles. The molecule has 0 aliphatic heterocycles. The lowest BCUT2D eigenvalue weighted by atomic mass is 9.98. The number of fused-ring (bicyclic) bond motifs is 1. The average Bonchev–Trinajstić information content (AvgIpc) is 3.58. The zero-order chi connectivity index (χ0) is 25.3. The first kappa shape index (κ1) is 25.7. The molecule has 8 heteroatoms. The number of pyridine rings is 1. The summed E-state index contributed by atoms with van der Waals surface area (Å²) in [5, 5.41) is 5.42. The van der Waals surface area contributed by atoms with E-state index in [1.165, 1.54) is 20.0 Å². The fourth-order valence-corrected chi connectivity index (χ4v) is 4.75. The van der Waals surface area contributed by atoms with Crippen molar-refractivity contribution in [3.8, 4) is 5.75 Å². The Hall–Kier alpha value is -3.39. The molecule has 0 bridgehead atoms. The molecule has 36 heavy (non-hydrogen) atoms. The van der Waals surface area contributed by atoms with Gasteiger partial charge in [0.15, 0.2) is 6.10 Å². The Morgan fingerprint density at radius 1 is 1.11 bits per heavy atom. The van der Waals surface area contributed by atoms with Crippen LogP contribution in [-0.4, -0.2) is 54.8 Å². The third-order valence-corrected chi connectivity index (χ3v) is 6.58. The summed E-state index contributed by atoms with van der Waals surface area (Å²) in [6.07, 6.45) is 6.60. The summed E-state index contributed by atoms with van der Waals surface area (Å²) >= 11 is 0. The summed E-state index contributed by atoms with van der Waals surface area (Å²) in [5.41, 5.74) is 3.72. The van der Waals surface area contributed by atoms with Crippen LogP contribution in [0.2, 0.25) is 0 Å². The fourth-order valence-electron chi connectivity index (χ4n) is 4.75. The van der Waals surface area contributed by atoms with Crippen LogP contribution in [0.1, 0.15) is 43.9 Å². The lowest BCUT2D eigenvalue weighted by molar-refractivity contribution is -0.153. The van der Waals surface area contributed by atoms with Crippen molar-refractivity contribution in [3.63, 3.8) is 0 Å². The van der Waals surface area contributed by atoms with Crippen LogP contribution in [-0.2, 0) is 32.1 Å². The van der Waals surface area contributed by atoms with E-state index < -0.39 is 6.10 Å². The van der Waals surface area contributed by atoms with Gasteiger partial charge in [0.1, 0.15) is 30.8 Å². The van der Waals surface area contributed by atoms with Crippen LogP contribution in [0.5, 0.6) is 5.75 Å². The van der Waals surface area contributed by atoms with Crippen molar-refractivity contribution >= 4 is 22.7 Å². The highest BCUT2D eigenvalue weighted by Crippen LogP contribution is 2.29. The largest absolute Gasteiger partial charge is 0.492 e. The normalized spacial score (nSPS) is 15.2. The Morgan fingerprint density at radius 3 is 2.58 bits per heavy atom. The number of benzene rings is 1. The lowest BCUT2D eigenvalue weighted by Crippen LogP contribution is -2.28. The van der Waals surface area contributed by atoms with Gasteiger partial charge in [-0.15, -0.1) is 0 Å². The number of aromatic nitrogens is 2. The van der Waals surface area contributed by atoms with E-state index >= 15 is 0 Å². The van der Waals surface area contributed by atoms with Crippen LogP contribution in [0.15, 0.2) is 53.8 Å². The van der Waals surface area contributed by atoms with Gasteiger partial charge in [0, 0.05) is 30.5 Å². The molecule has 4 rings (SSSR count). The standard InChI is InChI=1S/C28H35N3O5/c1-4-35-25(28(32)33-2)19-20-9-12-23(13-10-20)36-18-17-31-16-15-22-11-14-24(29-27(22)31)26(30-34-3)21-7-5-6-8-21/h9-16,21,25H,4-8,17-19H2,1-3H3/b30-26+. The van der Waals surface area contributed by atoms with Gasteiger partial charge in [-0.25, -0.2) is 9.78 Å². The minimum atomic E-state index is -0.603. The van der Waals surface area contributed by atoms with E-state index in [4.69, 9.17) is 24.0 Å². The van der Waals surface area contributed by atoms with Gasteiger partial charge in [0.05, 0.1) is 19.3 Å². The first-order chi connectivity index (χ1) is 17.6. The molecule has 0 N–H and O–H groups in total. The monoisotopic (exact) mass is 493 g/mol. The van der Waals surface area contributed by atoms with Crippen LogP contribution < -0.4 is 4.74 Å². The summed E-state index contributed by atoms with van der Waals surface area (Å²) in [5.74, 6) is 0.809. The van der Waals surface area contributed by atoms with E-state index in [2.05, 4.69) is 21.9 Å². The van der Waals surface area contributed by atoms with Crippen LogP contribution in [0.4, 0.5) is 0 Å². The highest BCUT2D eigenvalue weighted by atomic mass is 16.6. The molecule has 1 aliphatic rings. The summed E-state index contributed by atoms with van der Waals surface area (Å²) in [4.78, 5) is 22.0. The number of hydrogen-bond acceptors (Lipinski definition) is 7. The van der Waals surface area contributed by atoms with Crippen molar-refractivity contribution in [2.24, 2.45) is 11.1 Å². The first-order valence-corrected chi connectivity index (χ1v) is 12.6. The number of esters is 1. The van der Waals surface area contributed by atoms with E-state index in [9.17, 15) is 4.79 Å². The van der Waals surface area contributed by atoms with Crippen LogP contribution in [0.25, 0.3) is 11.0 Å². The molecule has 2 heterocycles. The second-order valence-electron chi connectivity index (χ2n) is 8.92. The second-order valence-corrected chi connectivity index (χ2v) is 8.92. The minimum absolute atomic E-state index is 0.364. The SMILES string of the molecule is CCOC(Cc1ccc(OCCn2ccc3ccc(/C(=N/OC)C4CCCC4)nc32)cc1)C(=O)OC. The van der Waals surface area contributed by atoms with Gasteiger partial charge < -0.3 is 23.6 Å².